The molecular formula is C9H11FN2O6. The van der Waals surface area contributed by atoms with Gasteiger partial charge in [-0.2, -0.15) is 4.39 Å². The van der Waals surface area contributed by atoms with E-state index in [2.05, 4.69) is 0 Å². The normalized spacial score (nSPS) is 31.8. The molecule has 1 saturated heterocycles. The molecule has 1 aromatic heterocycles. The highest BCUT2D eigenvalue weighted by Gasteiger charge is 2.43. The Kier molecular flexibility index (Phi) is 3.30. The molecule has 0 aromatic carbocycles. The SMILES string of the molecule is O=c1[nH]c(=O)n([C@H]2O[C@@H](CO)[C@H](O)[C@@H]2O)cc1F. The van der Waals surface area contributed by atoms with Gasteiger partial charge in [0, 0.05) is 0 Å². The molecule has 18 heavy (non-hydrogen) atoms. The lowest BCUT2D eigenvalue weighted by Gasteiger charge is -2.16. The molecule has 2 rings (SSSR count). The van der Waals surface area contributed by atoms with E-state index in [0.717, 1.165) is 0 Å². The molecule has 0 spiro atoms. The van der Waals surface area contributed by atoms with Gasteiger partial charge in [0.25, 0.3) is 5.56 Å². The molecule has 1 aliphatic heterocycles. The number of aliphatic hydroxyl groups is 3. The van der Waals surface area contributed by atoms with Gasteiger partial charge in [-0.15, -0.1) is 0 Å². The van der Waals surface area contributed by atoms with Crippen LogP contribution in [-0.4, -0.2) is 49.8 Å². The van der Waals surface area contributed by atoms with Crippen molar-refractivity contribution in [2.75, 3.05) is 6.61 Å². The second-order valence-electron chi connectivity index (χ2n) is 3.87. The monoisotopic (exact) mass is 262 g/mol. The minimum atomic E-state index is -1.52. The van der Waals surface area contributed by atoms with Crippen molar-refractivity contribution in [3.8, 4) is 0 Å². The van der Waals surface area contributed by atoms with Crippen LogP contribution in [0.5, 0.6) is 0 Å². The van der Waals surface area contributed by atoms with Crippen LogP contribution in [0.15, 0.2) is 15.8 Å². The standard InChI is InChI=1S/C9H11FN2O6/c10-3-1-12(9(17)11-7(3)16)8-6(15)5(14)4(2-13)18-8/h1,4-6,8,13-15H,2H2,(H,11,16,17)/t4-,5-,6-,8-/m0/s1. The molecule has 100 valence electrons. The molecule has 0 amide bonds. The Hall–Kier alpha value is -1.55. The molecule has 1 fully saturated rings. The number of aliphatic hydroxyl groups excluding tert-OH is 3. The second kappa shape index (κ2) is 4.61. The van der Waals surface area contributed by atoms with E-state index in [9.17, 15) is 24.2 Å². The summed E-state index contributed by atoms with van der Waals surface area (Å²) in [4.78, 5) is 24.0. The second-order valence-corrected chi connectivity index (χ2v) is 3.87. The minimum Gasteiger partial charge on any atom is -0.394 e. The topological polar surface area (TPSA) is 125 Å². The summed E-state index contributed by atoms with van der Waals surface area (Å²) < 4.78 is 18.7. The highest BCUT2D eigenvalue weighted by Crippen LogP contribution is 2.27. The van der Waals surface area contributed by atoms with E-state index >= 15 is 0 Å². The summed E-state index contributed by atoms with van der Waals surface area (Å²) in [5.41, 5.74) is -2.18. The first-order valence-electron chi connectivity index (χ1n) is 5.09. The lowest BCUT2D eigenvalue weighted by molar-refractivity contribution is -0.0554. The Bertz CT molecular complexity index is 555. The highest BCUT2D eigenvalue weighted by atomic mass is 19.1. The van der Waals surface area contributed by atoms with Gasteiger partial charge in [0.2, 0.25) is 5.82 Å². The van der Waals surface area contributed by atoms with Crippen molar-refractivity contribution in [3.63, 3.8) is 0 Å². The zero-order valence-electron chi connectivity index (χ0n) is 8.99. The maximum absolute atomic E-state index is 13.1. The lowest BCUT2D eigenvalue weighted by atomic mass is 10.1. The van der Waals surface area contributed by atoms with Gasteiger partial charge in [-0.05, 0) is 0 Å². The molecule has 0 saturated carbocycles. The third-order valence-electron chi connectivity index (χ3n) is 2.72. The molecule has 1 aromatic rings. The van der Waals surface area contributed by atoms with Crippen molar-refractivity contribution < 1.29 is 24.4 Å². The van der Waals surface area contributed by atoms with Crippen molar-refractivity contribution >= 4 is 0 Å². The predicted molar refractivity (Wildman–Crippen MR) is 54.3 cm³/mol. The number of hydrogen-bond donors (Lipinski definition) is 4. The minimum absolute atomic E-state index is 0.571. The first-order chi connectivity index (χ1) is 8.45. The Morgan fingerprint density at radius 3 is 2.61 bits per heavy atom. The predicted octanol–water partition coefficient (Wildman–Crippen LogP) is -2.71. The van der Waals surface area contributed by atoms with Gasteiger partial charge >= 0.3 is 5.69 Å². The average Bonchev–Trinajstić information content (AvgIpc) is 2.61. The number of nitrogens with zero attached hydrogens (tertiary/aromatic N) is 1. The van der Waals surface area contributed by atoms with Crippen LogP contribution in [0.1, 0.15) is 6.23 Å². The quantitative estimate of drug-likeness (QED) is 0.459. The molecule has 2 heterocycles. The van der Waals surface area contributed by atoms with E-state index in [1.807, 2.05) is 0 Å². The molecule has 0 unspecified atom stereocenters. The first kappa shape index (κ1) is 12.9. The molecule has 1 aliphatic rings. The lowest BCUT2D eigenvalue weighted by Crippen LogP contribution is -2.38. The zero-order valence-corrected chi connectivity index (χ0v) is 8.99. The Morgan fingerprint density at radius 2 is 2.06 bits per heavy atom. The number of rotatable bonds is 2. The summed E-state index contributed by atoms with van der Waals surface area (Å²) in [6.07, 6.45) is -4.84. The molecule has 8 nitrogen and oxygen atoms in total. The number of hydrogen-bond acceptors (Lipinski definition) is 6. The van der Waals surface area contributed by atoms with Crippen LogP contribution in [0.3, 0.4) is 0 Å². The van der Waals surface area contributed by atoms with Crippen LogP contribution in [0.25, 0.3) is 0 Å². The summed E-state index contributed by atoms with van der Waals surface area (Å²) in [5.74, 6) is -1.23. The van der Waals surface area contributed by atoms with Gasteiger partial charge in [-0.3, -0.25) is 14.3 Å². The van der Waals surface area contributed by atoms with Crippen LogP contribution >= 0.6 is 0 Å². The Labute approximate surface area is 98.9 Å². The maximum atomic E-state index is 13.1. The molecule has 0 bridgehead atoms. The van der Waals surface area contributed by atoms with Crippen molar-refractivity contribution in [2.45, 2.75) is 24.5 Å². The van der Waals surface area contributed by atoms with Gasteiger partial charge in [0.15, 0.2) is 6.23 Å². The molecular weight excluding hydrogens is 251 g/mol. The summed E-state index contributed by atoms with van der Waals surface area (Å²) in [6.45, 7) is -0.574. The molecule has 4 atom stereocenters. The van der Waals surface area contributed by atoms with Crippen molar-refractivity contribution in [2.24, 2.45) is 0 Å². The summed E-state index contributed by atoms with van der Waals surface area (Å²) in [5, 5.41) is 28.0. The van der Waals surface area contributed by atoms with Crippen LogP contribution in [0.4, 0.5) is 4.39 Å². The number of aromatic nitrogens is 2. The van der Waals surface area contributed by atoms with Crippen LogP contribution in [0, 0.1) is 5.82 Å². The Morgan fingerprint density at radius 1 is 1.39 bits per heavy atom. The van der Waals surface area contributed by atoms with Crippen molar-refractivity contribution in [1.29, 1.82) is 0 Å². The fraction of sp³-hybridized carbons (Fsp3) is 0.556. The largest absolute Gasteiger partial charge is 0.394 e. The first-order valence-corrected chi connectivity index (χ1v) is 5.09. The van der Waals surface area contributed by atoms with Crippen LogP contribution < -0.4 is 11.2 Å². The van der Waals surface area contributed by atoms with Gasteiger partial charge in [0.1, 0.15) is 18.3 Å². The molecule has 9 heteroatoms. The summed E-state index contributed by atoms with van der Waals surface area (Å²) in [7, 11) is 0. The van der Waals surface area contributed by atoms with Gasteiger partial charge in [0.05, 0.1) is 12.8 Å². The number of H-pyrrole nitrogens is 1. The van der Waals surface area contributed by atoms with Gasteiger partial charge in [-0.25, -0.2) is 4.79 Å². The fourth-order valence-corrected chi connectivity index (χ4v) is 1.76. The van der Waals surface area contributed by atoms with Crippen molar-refractivity contribution in [3.05, 3.63) is 32.9 Å². The third-order valence-corrected chi connectivity index (χ3v) is 2.72. The van der Waals surface area contributed by atoms with Crippen molar-refractivity contribution in [1.82, 2.24) is 9.55 Å². The molecule has 0 aliphatic carbocycles. The van der Waals surface area contributed by atoms with Crippen LogP contribution in [0.2, 0.25) is 0 Å². The third kappa shape index (κ3) is 1.97. The molecule has 0 radical (unpaired) electrons. The highest BCUT2D eigenvalue weighted by molar-refractivity contribution is 4.94. The average molecular weight is 262 g/mol. The number of ether oxygens (including phenoxy) is 1. The van der Waals surface area contributed by atoms with Crippen LogP contribution in [-0.2, 0) is 4.74 Å². The van der Waals surface area contributed by atoms with E-state index in [0.29, 0.717) is 10.8 Å². The maximum Gasteiger partial charge on any atom is 0.330 e. The number of halogens is 1. The smallest absolute Gasteiger partial charge is 0.330 e. The number of nitrogens with one attached hydrogen (secondary N) is 1. The van der Waals surface area contributed by atoms with E-state index < -0.39 is 48.2 Å². The van der Waals surface area contributed by atoms with Gasteiger partial charge < -0.3 is 20.1 Å². The van der Waals surface area contributed by atoms with E-state index in [-0.39, 0.29) is 0 Å². The summed E-state index contributed by atoms with van der Waals surface area (Å²) >= 11 is 0. The Balaban J connectivity index is 2.42. The fourth-order valence-electron chi connectivity index (χ4n) is 1.76. The van der Waals surface area contributed by atoms with E-state index in [4.69, 9.17) is 9.84 Å². The van der Waals surface area contributed by atoms with E-state index in [1.54, 1.807) is 4.98 Å². The molecule has 4 N–H and O–H groups in total. The van der Waals surface area contributed by atoms with E-state index in [1.165, 1.54) is 0 Å². The number of aromatic amines is 1. The zero-order chi connectivity index (χ0) is 13.4. The summed E-state index contributed by atoms with van der Waals surface area (Å²) in [6, 6.07) is 0. The van der Waals surface area contributed by atoms with Gasteiger partial charge in [-0.1, -0.05) is 0 Å².